The maximum Gasteiger partial charge on any atom is 0.332 e. The molecule has 0 aromatic rings. The molecule has 2 N–H and O–H groups in total. The van der Waals surface area contributed by atoms with E-state index in [2.05, 4.69) is 0 Å². The number of aliphatic carboxylic acids is 2. The van der Waals surface area contributed by atoms with Crippen LogP contribution in [0, 0.1) is 11.3 Å². The van der Waals surface area contributed by atoms with Crippen LogP contribution in [0.25, 0.3) is 0 Å². The lowest BCUT2D eigenvalue weighted by Crippen LogP contribution is -2.42. The van der Waals surface area contributed by atoms with E-state index in [1.807, 2.05) is 6.92 Å². The van der Waals surface area contributed by atoms with Gasteiger partial charge in [0, 0.05) is 0 Å². The molecule has 0 spiro atoms. The Balaban J connectivity index is 3.42. The van der Waals surface area contributed by atoms with Crippen LogP contribution in [0.4, 0.5) is 0 Å². The van der Waals surface area contributed by atoms with E-state index < -0.39 is 17.4 Å². The Hall–Kier alpha value is -1.32. The zero-order chi connectivity index (χ0) is 15.3. The molecule has 20 heavy (non-hydrogen) atoms. The molecule has 114 valence electrons. The number of carboxylic acid groups (broad SMARTS) is 2. The van der Waals surface area contributed by atoms with Gasteiger partial charge in [0.1, 0.15) is 5.41 Å². The van der Waals surface area contributed by atoms with Gasteiger partial charge in [-0.15, -0.1) is 0 Å². The minimum atomic E-state index is -1.22. The first-order valence-electron chi connectivity index (χ1n) is 7.58. The fourth-order valence-corrected chi connectivity index (χ4v) is 3.78. The second-order valence-electron chi connectivity index (χ2n) is 5.82. The highest BCUT2D eigenvalue weighted by atomic mass is 16.4. The number of carboxylic acids is 2. The van der Waals surface area contributed by atoms with Crippen LogP contribution in [0.15, 0.2) is 11.1 Å². The molecule has 1 saturated carbocycles. The molecule has 0 amide bonds. The molecule has 0 aromatic carbocycles. The lowest BCUT2D eigenvalue weighted by Gasteiger charge is -2.36. The summed E-state index contributed by atoms with van der Waals surface area (Å²) in [7, 11) is 0. The van der Waals surface area contributed by atoms with Crippen LogP contribution in [-0.4, -0.2) is 22.2 Å². The van der Waals surface area contributed by atoms with Crippen LogP contribution in [0.1, 0.15) is 65.7 Å². The quantitative estimate of drug-likeness (QED) is 0.695. The Morgan fingerprint density at radius 2 is 1.70 bits per heavy atom. The van der Waals surface area contributed by atoms with Gasteiger partial charge in [0.2, 0.25) is 0 Å². The molecule has 1 aliphatic rings. The average molecular weight is 282 g/mol. The molecule has 1 unspecified atom stereocenters. The maximum atomic E-state index is 12.0. The normalized spacial score (nSPS) is 20.4. The highest BCUT2D eigenvalue weighted by molar-refractivity contribution is 5.97. The molecule has 4 heteroatoms. The standard InChI is InChI=1S/C16H26O4/c1-4-8-11(3)13(14(17)18)16(5-2,15(19)20)12-9-6-7-10-12/h12H,4-10H2,1-3H3,(H,17,18)(H,19,20). The maximum absolute atomic E-state index is 12.0. The second kappa shape index (κ2) is 6.91. The molecule has 0 bridgehead atoms. The summed E-state index contributed by atoms with van der Waals surface area (Å²) in [6.07, 6.45) is 5.44. The Kier molecular flexibility index (Phi) is 5.78. The minimum absolute atomic E-state index is 0.0529. The number of hydrogen-bond acceptors (Lipinski definition) is 2. The van der Waals surface area contributed by atoms with Gasteiger partial charge >= 0.3 is 11.9 Å². The summed E-state index contributed by atoms with van der Waals surface area (Å²) in [5, 5.41) is 19.4. The van der Waals surface area contributed by atoms with Gasteiger partial charge in [-0.1, -0.05) is 38.7 Å². The van der Waals surface area contributed by atoms with Gasteiger partial charge in [-0.05, 0) is 38.5 Å². The van der Waals surface area contributed by atoms with Crippen molar-refractivity contribution >= 4 is 11.9 Å². The topological polar surface area (TPSA) is 74.6 Å². The van der Waals surface area contributed by atoms with E-state index in [0.717, 1.165) is 37.7 Å². The summed E-state index contributed by atoms with van der Waals surface area (Å²) < 4.78 is 0. The van der Waals surface area contributed by atoms with Crippen molar-refractivity contribution in [3.8, 4) is 0 Å². The van der Waals surface area contributed by atoms with Crippen molar-refractivity contribution in [2.75, 3.05) is 0 Å². The molecular weight excluding hydrogens is 256 g/mol. The van der Waals surface area contributed by atoms with Crippen molar-refractivity contribution in [2.24, 2.45) is 11.3 Å². The number of carbonyl (C=O) groups is 2. The molecule has 0 heterocycles. The first-order chi connectivity index (χ1) is 9.41. The Morgan fingerprint density at radius 1 is 1.15 bits per heavy atom. The summed E-state index contributed by atoms with van der Waals surface area (Å²) in [5.41, 5.74) is -0.362. The first-order valence-corrected chi connectivity index (χ1v) is 7.58. The lowest BCUT2D eigenvalue weighted by molar-refractivity contribution is -0.153. The van der Waals surface area contributed by atoms with Gasteiger partial charge in [-0.3, -0.25) is 4.79 Å². The predicted octanol–water partition coefficient (Wildman–Crippen LogP) is 3.86. The molecule has 0 radical (unpaired) electrons. The molecule has 1 fully saturated rings. The van der Waals surface area contributed by atoms with Gasteiger partial charge in [-0.2, -0.15) is 0 Å². The molecule has 0 saturated heterocycles. The molecule has 0 aliphatic heterocycles. The van der Waals surface area contributed by atoms with Crippen molar-refractivity contribution in [1.29, 1.82) is 0 Å². The third-order valence-electron chi connectivity index (χ3n) is 4.70. The van der Waals surface area contributed by atoms with Crippen molar-refractivity contribution in [3.63, 3.8) is 0 Å². The molecular formula is C16H26O4. The van der Waals surface area contributed by atoms with E-state index in [9.17, 15) is 19.8 Å². The highest BCUT2D eigenvalue weighted by Gasteiger charge is 2.51. The largest absolute Gasteiger partial charge is 0.481 e. The number of hydrogen-bond donors (Lipinski definition) is 2. The average Bonchev–Trinajstić information content (AvgIpc) is 2.88. The van der Waals surface area contributed by atoms with E-state index in [-0.39, 0.29) is 11.5 Å². The fraction of sp³-hybridized carbons (Fsp3) is 0.750. The Morgan fingerprint density at radius 3 is 2.05 bits per heavy atom. The zero-order valence-corrected chi connectivity index (χ0v) is 12.7. The van der Waals surface area contributed by atoms with Crippen LogP contribution in [0.5, 0.6) is 0 Å². The predicted molar refractivity (Wildman–Crippen MR) is 77.6 cm³/mol. The van der Waals surface area contributed by atoms with Crippen LogP contribution in [0.3, 0.4) is 0 Å². The number of rotatable bonds is 7. The summed E-state index contributed by atoms with van der Waals surface area (Å²) in [4.78, 5) is 23.8. The van der Waals surface area contributed by atoms with E-state index in [4.69, 9.17) is 0 Å². The van der Waals surface area contributed by atoms with Gasteiger partial charge in [0.15, 0.2) is 0 Å². The summed E-state index contributed by atoms with van der Waals surface area (Å²) in [5.74, 6) is -2.09. The van der Waals surface area contributed by atoms with E-state index in [0.29, 0.717) is 12.8 Å². The monoisotopic (exact) mass is 282 g/mol. The van der Waals surface area contributed by atoms with Gasteiger partial charge in [0.05, 0.1) is 5.57 Å². The first kappa shape index (κ1) is 16.7. The van der Waals surface area contributed by atoms with Crippen LogP contribution in [0.2, 0.25) is 0 Å². The third kappa shape index (κ3) is 2.89. The lowest BCUT2D eigenvalue weighted by atomic mass is 9.65. The summed E-state index contributed by atoms with van der Waals surface area (Å²) in [6.45, 7) is 5.55. The fourth-order valence-electron chi connectivity index (χ4n) is 3.78. The van der Waals surface area contributed by atoms with Gasteiger partial charge in [0.25, 0.3) is 0 Å². The van der Waals surface area contributed by atoms with Crippen LogP contribution in [-0.2, 0) is 9.59 Å². The molecule has 1 aliphatic carbocycles. The van der Waals surface area contributed by atoms with E-state index >= 15 is 0 Å². The van der Waals surface area contributed by atoms with Crippen molar-refractivity contribution in [3.05, 3.63) is 11.1 Å². The molecule has 4 nitrogen and oxygen atoms in total. The van der Waals surface area contributed by atoms with E-state index in [1.54, 1.807) is 13.8 Å². The molecule has 1 atom stereocenters. The Labute approximate surface area is 120 Å². The Bertz CT molecular complexity index is 405. The van der Waals surface area contributed by atoms with Gasteiger partial charge in [-0.25, -0.2) is 4.79 Å². The second-order valence-corrected chi connectivity index (χ2v) is 5.82. The number of allylic oxidation sites excluding steroid dienone is 1. The van der Waals surface area contributed by atoms with Gasteiger partial charge < -0.3 is 10.2 Å². The van der Waals surface area contributed by atoms with Crippen molar-refractivity contribution < 1.29 is 19.8 Å². The van der Waals surface area contributed by atoms with Crippen LogP contribution >= 0.6 is 0 Å². The molecule has 1 rings (SSSR count). The molecule has 0 aromatic heterocycles. The highest BCUT2D eigenvalue weighted by Crippen LogP contribution is 2.49. The van der Waals surface area contributed by atoms with Crippen LogP contribution < -0.4 is 0 Å². The SMILES string of the molecule is CCCC(C)=C(C(=O)O)C(CC)(C(=O)O)C1CCCC1. The van der Waals surface area contributed by atoms with E-state index in [1.165, 1.54) is 0 Å². The summed E-state index contributed by atoms with van der Waals surface area (Å²) >= 11 is 0. The zero-order valence-electron chi connectivity index (χ0n) is 12.7. The smallest absolute Gasteiger partial charge is 0.332 e. The van der Waals surface area contributed by atoms with Crippen molar-refractivity contribution in [1.82, 2.24) is 0 Å². The third-order valence-corrected chi connectivity index (χ3v) is 4.70. The van der Waals surface area contributed by atoms with Crippen molar-refractivity contribution in [2.45, 2.75) is 65.7 Å². The minimum Gasteiger partial charge on any atom is -0.481 e. The summed E-state index contributed by atoms with van der Waals surface area (Å²) in [6, 6.07) is 0.